The van der Waals surface area contributed by atoms with Crippen LogP contribution in [0.2, 0.25) is 0 Å². The number of carbonyl (C=O) groups excluding carboxylic acids is 2. The number of nitrogens with zero attached hydrogens (tertiary/aromatic N) is 2. The van der Waals surface area contributed by atoms with Gasteiger partial charge in [-0.05, 0) is 68.1 Å². The smallest absolute Gasteiger partial charge is 0.227 e. The minimum atomic E-state index is -0.299. The van der Waals surface area contributed by atoms with Gasteiger partial charge in [0.15, 0.2) is 0 Å². The summed E-state index contributed by atoms with van der Waals surface area (Å²) in [6, 6.07) is 14.5. The van der Waals surface area contributed by atoms with Crippen molar-refractivity contribution in [3.8, 4) is 0 Å². The fraction of sp³-hybridized carbons (Fsp3) is 0.440. The predicted octanol–water partition coefficient (Wildman–Crippen LogP) is 3.57. The molecule has 5 heteroatoms. The van der Waals surface area contributed by atoms with Gasteiger partial charge in [0.25, 0.3) is 0 Å². The largest absolute Gasteiger partial charge is 0.352 e. The Morgan fingerprint density at radius 1 is 1.03 bits per heavy atom. The molecule has 0 saturated carbocycles. The fourth-order valence-corrected chi connectivity index (χ4v) is 4.44. The monoisotopic (exact) mass is 405 g/mol. The second-order valence-electron chi connectivity index (χ2n) is 8.64. The molecule has 2 saturated heterocycles. The summed E-state index contributed by atoms with van der Waals surface area (Å²) < 4.78 is 0. The highest BCUT2D eigenvalue weighted by molar-refractivity contribution is 6.00. The minimum Gasteiger partial charge on any atom is -0.352 e. The Kier molecular flexibility index (Phi) is 6.18. The fourth-order valence-electron chi connectivity index (χ4n) is 4.44. The number of hydrogen-bond donors (Lipinski definition) is 1. The number of anilines is 1. The van der Waals surface area contributed by atoms with Crippen LogP contribution in [0.25, 0.3) is 0 Å². The topological polar surface area (TPSA) is 52.7 Å². The summed E-state index contributed by atoms with van der Waals surface area (Å²) in [7, 11) is 0. The van der Waals surface area contributed by atoms with Gasteiger partial charge in [-0.15, -0.1) is 0 Å². The third-order valence-electron chi connectivity index (χ3n) is 6.46. The van der Waals surface area contributed by atoms with Crippen LogP contribution >= 0.6 is 0 Å². The average molecular weight is 406 g/mol. The van der Waals surface area contributed by atoms with Crippen LogP contribution in [0, 0.1) is 19.8 Å². The molecule has 2 heterocycles. The van der Waals surface area contributed by atoms with Crippen LogP contribution in [0.5, 0.6) is 0 Å². The molecule has 5 nitrogen and oxygen atoms in total. The van der Waals surface area contributed by atoms with Crippen molar-refractivity contribution >= 4 is 17.5 Å². The molecule has 2 aromatic rings. The molecule has 4 rings (SSSR count). The van der Waals surface area contributed by atoms with Crippen LogP contribution in [-0.4, -0.2) is 36.3 Å². The van der Waals surface area contributed by atoms with E-state index in [0.29, 0.717) is 13.1 Å². The highest BCUT2D eigenvalue weighted by Gasteiger charge is 2.35. The second kappa shape index (κ2) is 9.00. The molecular formula is C25H31N3O2. The highest BCUT2D eigenvalue weighted by atomic mass is 16.2. The molecule has 1 N–H and O–H groups in total. The van der Waals surface area contributed by atoms with Crippen LogP contribution in [0.4, 0.5) is 5.69 Å². The third kappa shape index (κ3) is 4.57. The number of nitrogens with one attached hydrogen (secondary N) is 1. The first-order valence-electron chi connectivity index (χ1n) is 11.0. The summed E-state index contributed by atoms with van der Waals surface area (Å²) in [5.41, 5.74) is 5.58. The van der Waals surface area contributed by atoms with E-state index >= 15 is 0 Å². The molecule has 2 aromatic carbocycles. The van der Waals surface area contributed by atoms with Crippen LogP contribution in [0.1, 0.15) is 41.5 Å². The predicted molar refractivity (Wildman–Crippen MR) is 119 cm³/mol. The van der Waals surface area contributed by atoms with Gasteiger partial charge in [0.2, 0.25) is 11.8 Å². The molecule has 0 spiro atoms. The van der Waals surface area contributed by atoms with E-state index in [1.165, 1.54) is 31.5 Å². The minimum absolute atomic E-state index is 0.0233. The zero-order valence-corrected chi connectivity index (χ0v) is 18.0. The molecule has 2 aliphatic rings. The maximum atomic E-state index is 12.7. The number of rotatable bonds is 6. The standard InChI is InChI=1S/C25H31N3O2/c1-18-6-5-7-23(19(18)2)28-17-22(14-24(28)29)25(30)26-15-20-8-10-21(11-9-20)16-27-12-3-4-13-27/h5-11,22H,3-4,12-17H2,1-2H3,(H,26,30). The van der Waals surface area contributed by atoms with Gasteiger partial charge < -0.3 is 10.2 Å². The van der Waals surface area contributed by atoms with Crippen molar-refractivity contribution in [2.75, 3.05) is 24.5 Å². The molecule has 2 fully saturated rings. The van der Waals surface area contributed by atoms with Crippen molar-refractivity contribution in [1.29, 1.82) is 0 Å². The number of aryl methyl sites for hydroxylation is 1. The van der Waals surface area contributed by atoms with Crippen LogP contribution in [0.3, 0.4) is 0 Å². The Morgan fingerprint density at radius 3 is 2.47 bits per heavy atom. The van der Waals surface area contributed by atoms with Gasteiger partial charge >= 0.3 is 0 Å². The van der Waals surface area contributed by atoms with Gasteiger partial charge in [0.05, 0.1) is 5.92 Å². The molecule has 2 amide bonds. The zero-order valence-electron chi connectivity index (χ0n) is 18.0. The highest BCUT2D eigenvalue weighted by Crippen LogP contribution is 2.29. The quantitative estimate of drug-likeness (QED) is 0.799. The summed E-state index contributed by atoms with van der Waals surface area (Å²) in [5, 5.41) is 3.02. The van der Waals surface area contributed by atoms with Crippen molar-refractivity contribution in [1.82, 2.24) is 10.2 Å². The van der Waals surface area contributed by atoms with E-state index in [1.807, 2.05) is 32.0 Å². The van der Waals surface area contributed by atoms with E-state index in [-0.39, 0.29) is 24.2 Å². The molecule has 158 valence electrons. The Hall–Kier alpha value is -2.66. The first kappa shape index (κ1) is 20.6. The molecule has 0 aromatic heterocycles. The van der Waals surface area contributed by atoms with Crippen molar-refractivity contribution in [3.63, 3.8) is 0 Å². The zero-order chi connectivity index (χ0) is 21.1. The van der Waals surface area contributed by atoms with Crippen LogP contribution < -0.4 is 10.2 Å². The lowest BCUT2D eigenvalue weighted by Gasteiger charge is -2.20. The van der Waals surface area contributed by atoms with Crippen molar-refractivity contribution in [2.45, 2.75) is 46.2 Å². The van der Waals surface area contributed by atoms with Crippen molar-refractivity contribution in [2.24, 2.45) is 5.92 Å². The molecule has 0 bridgehead atoms. The maximum absolute atomic E-state index is 12.7. The summed E-state index contributed by atoms with van der Waals surface area (Å²) in [6.07, 6.45) is 2.87. The van der Waals surface area contributed by atoms with Gasteiger partial charge in [0.1, 0.15) is 0 Å². The third-order valence-corrected chi connectivity index (χ3v) is 6.46. The van der Waals surface area contributed by atoms with Gasteiger partial charge in [-0.1, -0.05) is 36.4 Å². The lowest BCUT2D eigenvalue weighted by Crippen LogP contribution is -2.32. The first-order chi connectivity index (χ1) is 14.5. The summed E-state index contributed by atoms with van der Waals surface area (Å²) in [4.78, 5) is 29.5. The van der Waals surface area contributed by atoms with Gasteiger partial charge in [-0.3, -0.25) is 14.5 Å². The SMILES string of the molecule is Cc1cccc(N2CC(C(=O)NCc3ccc(CN4CCCC4)cc3)CC2=O)c1C. The molecular weight excluding hydrogens is 374 g/mol. The maximum Gasteiger partial charge on any atom is 0.227 e. The Bertz CT molecular complexity index is 916. The Balaban J connectivity index is 1.31. The molecule has 30 heavy (non-hydrogen) atoms. The van der Waals surface area contributed by atoms with Crippen LogP contribution in [-0.2, 0) is 22.7 Å². The summed E-state index contributed by atoms with van der Waals surface area (Å²) in [5.74, 6) is -0.320. The number of carbonyl (C=O) groups is 2. The van der Waals surface area contributed by atoms with E-state index in [4.69, 9.17) is 0 Å². The summed E-state index contributed by atoms with van der Waals surface area (Å²) in [6.45, 7) is 8.40. The molecule has 1 unspecified atom stereocenters. The molecule has 2 aliphatic heterocycles. The first-order valence-corrected chi connectivity index (χ1v) is 11.0. The number of hydrogen-bond acceptors (Lipinski definition) is 3. The lowest BCUT2D eigenvalue weighted by atomic mass is 10.1. The van der Waals surface area contributed by atoms with E-state index in [2.05, 4.69) is 34.5 Å². The Morgan fingerprint density at radius 2 is 1.73 bits per heavy atom. The van der Waals surface area contributed by atoms with Gasteiger partial charge in [0, 0.05) is 31.7 Å². The summed E-state index contributed by atoms with van der Waals surface area (Å²) >= 11 is 0. The van der Waals surface area contributed by atoms with Gasteiger partial charge in [-0.25, -0.2) is 0 Å². The van der Waals surface area contributed by atoms with E-state index in [1.54, 1.807) is 4.90 Å². The van der Waals surface area contributed by atoms with E-state index in [9.17, 15) is 9.59 Å². The van der Waals surface area contributed by atoms with Crippen molar-refractivity contribution < 1.29 is 9.59 Å². The average Bonchev–Trinajstić information content (AvgIpc) is 3.39. The number of benzene rings is 2. The Labute approximate surface area is 179 Å². The van der Waals surface area contributed by atoms with E-state index < -0.39 is 0 Å². The van der Waals surface area contributed by atoms with Crippen molar-refractivity contribution in [3.05, 3.63) is 64.7 Å². The number of likely N-dealkylation sites (tertiary alicyclic amines) is 1. The lowest BCUT2D eigenvalue weighted by molar-refractivity contribution is -0.126. The molecule has 0 radical (unpaired) electrons. The molecule has 0 aliphatic carbocycles. The van der Waals surface area contributed by atoms with E-state index in [0.717, 1.165) is 28.9 Å². The normalized spacial score (nSPS) is 19.5. The van der Waals surface area contributed by atoms with Crippen LogP contribution in [0.15, 0.2) is 42.5 Å². The second-order valence-corrected chi connectivity index (χ2v) is 8.64. The number of amides is 2. The molecule has 1 atom stereocenters. The van der Waals surface area contributed by atoms with Gasteiger partial charge in [-0.2, -0.15) is 0 Å².